The fourth-order valence-electron chi connectivity index (χ4n) is 2.78. The van der Waals surface area contributed by atoms with Crippen molar-refractivity contribution in [3.63, 3.8) is 0 Å². The normalized spacial score (nSPS) is 12.7. The summed E-state index contributed by atoms with van der Waals surface area (Å²) in [5.41, 5.74) is 1.65. The third-order valence-corrected chi connectivity index (χ3v) is 4.61. The van der Waals surface area contributed by atoms with E-state index in [-0.39, 0.29) is 23.8 Å². The molecule has 0 aliphatic rings. The first kappa shape index (κ1) is 22.5. The fourth-order valence-corrected chi connectivity index (χ4v) is 2.78. The molecule has 0 aliphatic carbocycles. The number of aromatic nitrogens is 4. The van der Waals surface area contributed by atoms with E-state index in [4.69, 9.17) is 4.74 Å². The number of carbonyl (C=O) groups is 2. The van der Waals surface area contributed by atoms with Crippen molar-refractivity contribution in [2.75, 3.05) is 0 Å². The zero-order valence-corrected chi connectivity index (χ0v) is 18.1. The van der Waals surface area contributed by atoms with Crippen molar-refractivity contribution in [3.05, 3.63) is 41.2 Å². The monoisotopic (exact) mass is 401 g/mol. The van der Waals surface area contributed by atoms with E-state index in [1.54, 1.807) is 16.8 Å². The predicted molar refractivity (Wildman–Crippen MR) is 109 cm³/mol. The maximum atomic E-state index is 12.6. The minimum atomic E-state index is -0.764. The summed E-state index contributed by atoms with van der Waals surface area (Å²) < 4.78 is 6.98. The molecule has 2 aromatic rings. The molecule has 0 saturated carbocycles. The molecule has 29 heavy (non-hydrogen) atoms. The highest BCUT2D eigenvalue weighted by Gasteiger charge is 2.27. The van der Waals surface area contributed by atoms with Crippen LogP contribution in [0.4, 0.5) is 0 Å². The number of hydrogen-bond donors (Lipinski definition) is 1. The number of ether oxygens (including phenoxy) is 1. The molecule has 1 atom stereocenters. The number of nitrogens with zero attached hydrogens (tertiary/aromatic N) is 4. The molecule has 0 fully saturated rings. The number of amides is 1. The highest BCUT2D eigenvalue weighted by atomic mass is 16.5. The van der Waals surface area contributed by atoms with Gasteiger partial charge in [0.1, 0.15) is 6.04 Å². The summed E-state index contributed by atoms with van der Waals surface area (Å²) in [6.07, 6.45) is 0.866. The molecule has 0 radical (unpaired) electrons. The maximum Gasteiger partial charge on any atom is 0.329 e. The lowest BCUT2D eigenvalue weighted by Gasteiger charge is -2.22. The van der Waals surface area contributed by atoms with Gasteiger partial charge in [-0.3, -0.25) is 4.79 Å². The van der Waals surface area contributed by atoms with Gasteiger partial charge < -0.3 is 10.1 Å². The van der Waals surface area contributed by atoms with E-state index < -0.39 is 12.0 Å². The number of aryl methyl sites for hydroxylation is 1. The summed E-state index contributed by atoms with van der Waals surface area (Å²) in [6.45, 7) is 12.7. The molecule has 1 heterocycles. The molecule has 1 aromatic heterocycles. The van der Waals surface area contributed by atoms with Crippen LogP contribution in [0, 0.1) is 5.92 Å². The first-order valence-corrected chi connectivity index (χ1v) is 9.96. The Kier molecular flexibility index (Phi) is 7.47. The number of hydrogen-bond acceptors (Lipinski definition) is 6. The Hall–Kier alpha value is -2.77. The van der Waals surface area contributed by atoms with Crippen molar-refractivity contribution in [2.45, 2.75) is 72.6 Å². The number of esters is 1. The van der Waals surface area contributed by atoms with Crippen LogP contribution in [0.25, 0.3) is 0 Å². The summed E-state index contributed by atoms with van der Waals surface area (Å²) in [6, 6.07) is 6.66. The van der Waals surface area contributed by atoms with E-state index in [1.165, 1.54) is 0 Å². The summed E-state index contributed by atoms with van der Waals surface area (Å²) in [4.78, 5) is 25.2. The van der Waals surface area contributed by atoms with Gasteiger partial charge in [-0.15, -0.1) is 5.10 Å². The van der Waals surface area contributed by atoms with Crippen LogP contribution in [0.1, 0.15) is 69.7 Å². The van der Waals surface area contributed by atoms with Crippen LogP contribution >= 0.6 is 0 Å². The van der Waals surface area contributed by atoms with Crippen molar-refractivity contribution >= 4 is 11.9 Å². The first-order valence-electron chi connectivity index (χ1n) is 9.96. The fraction of sp³-hybridized carbons (Fsp3) is 0.571. The summed E-state index contributed by atoms with van der Waals surface area (Å²) in [5, 5.41) is 14.2. The number of benzene rings is 1. The molecule has 0 spiro atoms. The smallest absolute Gasteiger partial charge is 0.329 e. The average molecular weight is 402 g/mol. The lowest BCUT2D eigenvalue weighted by atomic mass is 9.86. The molecule has 2 rings (SSSR count). The van der Waals surface area contributed by atoms with Crippen molar-refractivity contribution in [1.82, 2.24) is 25.5 Å². The minimum absolute atomic E-state index is 0.00642. The van der Waals surface area contributed by atoms with Crippen molar-refractivity contribution in [2.24, 2.45) is 5.92 Å². The molecular formula is C21H31N5O3. The van der Waals surface area contributed by atoms with Gasteiger partial charge in [0.15, 0.2) is 12.4 Å². The van der Waals surface area contributed by atoms with Gasteiger partial charge in [-0.25, -0.2) is 9.48 Å². The van der Waals surface area contributed by atoms with Crippen LogP contribution in [0.3, 0.4) is 0 Å². The largest absolute Gasteiger partial charge is 0.456 e. The van der Waals surface area contributed by atoms with E-state index in [0.29, 0.717) is 17.9 Å². The van der Waals surface area contributed by atoms with E-state index in [9.17, 15) is 9.59 Å². The number of rotatable bonds is 8. The average Bonchev–Trinajstić information content (AvgIpc) is 3.10. The van der Waals surface area contributed by atoms with Crippen molar-refractivity contribution in [3.8, 4) is 0 Å². The second kappa shape index (κ2) is 9.62. The van der Waals surface area contributed by atoms with Gasteiger partial charge >= 0.3 is 5.97 Å². The Morgan fingerprint density at radius 3 is 2.38 bits per heavy atom. The first-order chi connectivity index (χ1) is 13.6. The molecule has 158 valence electrons. The van der Waals surface area contributed by atoms with Crippen LogP contribution in [-0.2, 0) is 28.1 Å². The Labute approximate surface area is 172 Å². The predicted octanol–water partition coefficient (Wildman–Crippen LogP) is 2.88. The third kappa shape index (κ3) is 6.10. The van der Waals surface area contributed by atoms with Crippen LogP contribution < -0.4 is 5.32 Å². The number of carbonyl (C=O) groups excluding carboxylic acids is 2. The Morgan fingerprint density at radius 1 is 1.17 bits per heavy atom. The van der Waals surface area contributed by atoms with Crippen LogP contribution in [0.2, 0.25) is 0 Å². The Morgan fingerprint density at radius 2 is 1.83 bits per heavy atom. The van der Waals surface area contributed by atoms with Gasteiger partial charge in [0.05, 0.1) is 0 Å². The third-order valence-electron chi connectivity index (χ3n) is 4.61. The quantitative estimate of drug-likeness (QED) is 0.683. The SMILES string of the molecule is CCCn1nnnc1COC(=O)[C@@H](NC(=O)c1ccc(C(C)(C)C)cc1)C(C)C. The van der Waals surface area contributed by atoms with Crippen LogP contribution in [0.15, 0.2) is 24.3 Å². The highest BCUT2D eigenvalue weighted by molar-refractivity contribution is 5.96. The van der Waals surface area contributed by atoms with Crippen molar-refractivity contribution in [1.29, 1.82) is 0 Å². The second-order valence-electron chi connectivity index (χ2n) is 8.45. The summed E-state index contributed by atoms with van der Waals surface area (Å²) >= 11 is 0. The molecule has 1 amide bonds. The van der Waals surface area contributed by atoms with E-state index in [0.717, 1.165) is 12.0 Å². The molecule has 0 bridgehead atoms. The Bertz CT molecular complexity index is 822. The Balaban J connectivity index is 2.02. The van der Waals surface area contributed by atoms with E-state index >= 15 is 0 Å². The second-order valence-corrected chi connectivity index (χ2v) is 8.45. The highest BCUT2D eigenvalue weighted by Crippen LogP contribution is 2.22. The molecule has 0 saturated heterocycles. The van der Waals surface area contributed by atoms with Gasteiger partial charge in [0.2, 0.25) is 0 Å². The molecule has 8 nitrogen and oxygen atoms in total. The van der Waals surface area contributed by atoms with Gasteiger partial charge in [0.25, 0.3) is 5.91 Å². The van der Waals surface area contributed by atoms with Gasteiger partial charge in [-0.2, -0.15) is 0 Å². The zero-order valence-electron chi connectivity index (χ0n) is 18.1. The lowest BCUT2D eigenvalue weighted by molar-refractivity contribution is -0.148. The molecule has 0 unspecified atom stereocenters. The maximum absolute atomic E-state index is 12.6. The minimum Gasteiger partial charge on any atom is -0.456 e. The summed E-state index contributed by atoms with van der Waals surface area (Å²) in [7, 11) is 0. The number of nitrogens with one attached hydrogen (secondary N) is 1. The van der Waals surface area contributed by atoms with Gasteiger partial charge in [-0.05, 0) is 45.9 Å². The van der Waals surface area contributed by atoms with Crippen LogP contribution in [-0.4, -0.2) is 38.1 Å². The number of tetrazole rings is 1. The molecular weight excluding hydrogens is 370 g/mol. The van der Waals surface area contributed by atoms with Gasteiger partial charge in [-0.1, -0.05) is 53.7 Å². The van der Waals surface area contributed by atoms with Gasteiger partial charge in [0, 0.05) is 12.1 Å². The standard InChI is InChI=1S/C21H31N5O3/c1-7-12-26-17(23-24-25-26)13-29-20(28)18(14(2)3)22-19(27)15-8-10-16(11-9-15)21(4,5)6/h8-11,14,18H,7,12-13H2,1-6H3,(H,22,27)/t18-/m0/s1. The van der Waals surface area contributed by atoms with E-state index in [1.807, 2.05) is 32.9 Å². The van der Waals surface area contributed by atoms with Crippen molar-refractivity contribution < 1.29 is 14.3 Å². The molecule has 0 aliphatic heterocycles. The summed E-state index contributed by atoms with van der Waals surface area (Å²) in [5.74, 6) is -0.471. The molecule has 8 heteroatoms. The lowest BCUT2D eigenvalue weighted by Crippen LogP contribution is -2.45. The molecule has 1 N–H and O–H groups in total. The topological polar surface area (TPSA) is 99.0 Å². The molecule has 1 aromatic carbocycles. The van der Waals surface area contributed by atoms with Crippen LogP contribution in [0.5, 0.6) is 0 Å². The zero-order chi connectivity index (χ0) is 21.6. The van der Waals surface area contributed by atoms with E-state index in [2.05, 4.69) is 41.6 Å².